The summed E-state index contributed by atoms with van der Waals surface area (Å²) in [6, 6.07) is 0. The molecule has 2 aromatic rings. The molecule has 0 aromatic carbocycles. The van der Waals surface area contributed by atoms with Gasteiger partial charge in [-0.05, 0) is 19.8 Å². The Labute approximate surface area is 105 Å². The molecule has 6 nitrogen and oxygen atoms in total. The lowest BCUT2D eigenvalue weighted by Gasteiger charge is -2.30. The maximum Gasteiger partial charge on any atom is 0.203 e. The molecule has 0 N–H and O–H groups in total. The molecule has 94 valence electrons. The van der Waals surface area contributed by atoms with Crippen molar-refractivity contribution in [3.63, 3.8) is 0 Å². The Morgan fingerprint density at radius 3 is 3.17 bits per heavy atom. The van der Waals surface area contributed by atoms with Gasteiger partial charge in [0, 0.05) is 31.4 Å². The van der Waals surface area contributed by atoms with Crippen LogP contribution in [-0.2, 0) is 4.79 Å². The standard InChI is InChI=1S/C12H15N5O/c1-9-14-15-12-11(13-4-6-17(9)12)16-5-2-3-10(7-16)8-18/h4,6,8,10H,2-3,5,7H2,1H3. The molecule has 3 heterocycles. The minimum atomic E-state index is 0.102. The second kappa shape index (κ2) is 4.36. The average molecular weight is 245 g/mol. The zero-order valence-electron chi connectivity index (χ0n) is 10.3. The van der Waals surface area contributed by atoms with Gasteiger partial charge < -0.3 is 9.69 Å². The van der Waals surface area contributed by atoms with Crippen LogP contribution in [0.25, 0.3) is 5.65 Å². The van der Waals surface area contributed by atoms with Gasteiger partial charge in [0.25, 0.3) is 0 Å². The number of carbonyl (C=O) groups excluding carboxylic acids is 1. The van der Waals surface area contributed by atoms with Crippen LogP contribution in [0, 0.1) is 12.8 Å². The topological polar surface area (TPSA) is 63.4 Å². The fraction of sp³-hybridized carbons (Fsp3) is 0.500. The van der Waals surface area contributed by atoms with Crippen LogP contribution in [0.3, 0.4) is 0 Å². The Balaban J connectivity index is 2.00. The van der Waals surface area contributed by atoms with Crippen molar-refractivity contribution >= 4 is 17.8 Å². The van der Waals surface area contributed by atoms with Gasteiger partial charge in [0.2, 0.25) is 5.65 Å². The molecule has 0 saturated carbocycles. The second-order valence-electron chi connectivity index (χ2n) is 4.68. The third-order valence-corrected chi connectivity index (χ3v) is 3.43. The number of piperidine rings is 1. The zero-order valence-corrected chi connectivity index (χ0v) is 10.3. The van der Waals surface area contributed by atoms with E-state index in [4.69, 9.17) is 0 Å². The zero-order chi connectivity index (χ0) is 12.5. The third kappa shape index (κ3) is 1.73. The van der Waals surface area contributed by atoms with Crippen LogP contribution in [0.1, 0.15) is 18.7 Å². The van der Waals surface area contributed by atoms with Crippen LogP contribution in [-0.4, -0.2) is 39.0 Å². The molecule has 0 radical (unpaired) electrons. The normalized spacial score (nSPS) is 20.3. The number of hydrogen-bond donors (Lipinski definition) is 0. The Bertz CT molecular complexity index is 579. The van der Waals surface area contributed by atoms with Crippen LogP contribution in [0.5, 0.6) is 0 Å². The van der Waals surface area contributed by atoms with Crippen molar-refractivity contribution in [1.29, 1.82) is 0 Å². The van der Waals surface area contributed by atoms with Crippen LogP contribution >= 0.6 is 0 Å². The van der Waals surface area contributed by atoms with Gasteiger partial charge in [0.05, 0.1) is 0 Å². The van der Waals surface area contributed by atoms with Crippen LogP contribution in [0.4, 0.5) is 5.82 Å². The molecule has 1 fully saturated rings. The van der Waals surface area contributed by atoms with E-state index in [1.807, 2.05) is 17.5 Å². The SMILES string of the molecule is Cc1nnc2c(N3CCCC(C=O)C3)nccn12. The largest absolute Gasteiger partial charge is 0.353 e. The molecule has 6 heteroatoms. The van der Waals surface area contributed by atoms with E-state index < -0.39 is 0 Å². The molecule has 2 aromatic heterocycles. The number of fused-ring (bicyclic) bond motifs is 1. The number of carbonyl (C=O) groups is 1. The summed E-state index contributed by atoms with van der Waals surface area (Å²) in [7, 11) is 0. The summed E-state index contributed by atoms with van der Waals surface area (Å²) < 4.78 is 1.92. The van der Waals surface area contributed by atoms with E-state index in [0.29, 0.717) is 0 Å². The highest BCUT2D eigenvalue weighted by atomic mass is 16.1. The van der Waals surface area contributed by atoms with Gasteiger partial charge in [0.1, 0.15) is 12.1 Å². The first kappa shape index (κ1) is 11.1. The molecule has 1 aliphatic heterocycles. The molecule has 0 aliphatic carbocycles. The molecule has 0 spiro atoms. The molecule has 1 atom stereocenters. The second-order valence-corrected chi connectivity index (χ2v) is 4.68. The van der Waals surface area contributed by atoms with Gasteiger partial charge in [0.15, 0.2) is 5.82 Å². The number of aromatic nitrogens is 4. The molecular formula is C12H15N5O. The highest BCUT2D eigenvalue weighted by Gasteiger charge is 2.22. The van der Waals surface area contributed by atoms with Gasteiger partial charge >= 0.3 is 0 Å². The van der Waals surface area contributed by atoms with E-state index in [2.05, 4.69) is 20.1 Å². The quantitative estimate of drug-likeness (QED) is 0.734. The van der Waals surface area contributed by atoms with Gasteiger partial charge in [-0.2, -0.15) is 0 Å². The fourth-order valence-electron chi connectivity index (χ4n) is 2.47. The van der Waals surface area contributed by atoms with E-state index >= 15 is 0 Å². The monoisotopic (exact) mass is 245 g/mol. The number of aryl methyl sites for hydroxylation is 1. The lowest BCUT2D eigenvalue weighted by Crippen LogP contribution is -2.36. The predicted molar refractivity (Wildman–Crippen MR) is 66.5 cm³/mol. The summed E-state index contributed by atoms with van der Waals surface area (Å²) in [4.78, 5) is 17.5. The average Bonchev–Trinajstić information content (AvgIpc) is 2.81. The molecule has 1 aliphatic rings. The molecule has 0 bridgehead atoms. The minimum Gasteiger partial charge on any atom is -0.353 e. The third-order valence-electron chi connectivity index (χ3n) is 3.43. The van der Waals surface area contributed by atoms with E-state index in [1.54, 1.807) is 6.20 Å². The summed E-state index contributed by atoms with van der Waals surface area (Å²) in [5.74, 6) is 1.77. The number of rotatable bonds is 2. The van der Waals surface area contributed by atoms with Crippen molar-refractivity contribution in [3.05, 3.63) is 18.2 Å². The summed E-state index contributed by atoms with van der Waals surface area (Å²) in [6.07, 6.45) is 6.63. The van der Waals surface area contributed by atoms with Crippen molar-refractivity contribution in [2.75, 3.05) is 18.0 Å². The summed E-state index contributed by atoms with van der Waals surface area (Å²) >= 11 is 0. The predicted octanol–water partition coefficient (Wildman–Crippen LogP) is 0.848. The van der Waals surface area contributed by atoms with Crippen LogP contribution in [0.2, 0.25) is 0 Å². The highest BCUT2D eigenvalue weighted by Crippen LogP contribution is 2.23. The van der Waals surface area contributed by atoms with Crippen molar-refractivity contribution < 1.29 is 4.79 Å². The van der Waals surface area contributed by atoms with E-state index in [1.165, 1.54) is 0 Å². The van der Waals surface area contributed by atoms with Crippen molar-refractivity contribution in [2.45, 2.75) is 19.8 Å². The molecular weight excluding hydrogens is 230 g/mol. The lowest BCUT2D eigenvalue weighted by molar-refractivity contribution is -0.111. The van der Waals surface area contributed by atoms with Gasteiger partial charge in [-0.25, -0.2) is 4.98 Å². The van der Waals surface area contributed by atoms with E-state index in [9.17, 15) is 4.79 Å². The number of aldehydes is 1. The van der Waals surface area contributed by atoms with Crippen molar-refractivity contribution in [3.8, 4) is 0 Å². The van der Waals surface area contributed by atoms with Gasteiger partial charge in [-0.3, -0.25) is 4.40 Å². The fourth-order valence-corrected chi connectivity index (χ4v) is 2.47. The summed E-state index contributed by atoms with van der Waals surface area (Å²) in [5.41, 5.74) is 0.765. The Hall–Kier alpha value is -1.98. The Kier molecular flexibility index (Phi) is 2.70. The van der Waals surface area contributed by atoms with Crippen LogP contribution in [0.15, 0.2) is 12.4 Å². The maximum atomic E-state index is 10.9. The Morgan fingerprint density at radius 1 is 1.44 bits per heavy atom. The Morgan fingerprint density at radius 2 is 2.33 bits per heavy atom. The lowest BCUT2D eigenvalue weighted by atomic mass is 10.00. The molecule has 3 rings (SSSR count). The number of nitrogens with zero attached hydrogens (tertiary/aromatic N) is 5. The first-order valence-electron chi connectivity index (χ1n) is 6.16. The van der Waals surface area contributed by atoms with Gasteiger partial charge in [-0.15, -0.1) is 10.2 Å². The molecule has 0 amide bonds. The van der Waals surface area contributed by atoms with Crippen molar-refractivity contribution in [1.82, 2.24) is 19.6 Å². The van der Waals surface area contributed by atoms with E-state index in [0.717, 1.165) is 49.5 Å². The smallest absolute Gasteiger partial charge is 0.203 e. The molecule has 1 unspecified atom stereocenters. The number of hydrogen-bond acceptors (Lipinski definition) is 5. The highest BCUT2D eigenvalue weighted by molar-refractivity contribution is 5.65. The maximum absolute atomic E-state index is 10.9. The molecule has 18 heavy (non-hydrogen) atoms. The number of anilines is 1. The van der Waals surface area contributed by atoms with Gasteiger partial charge in [-0.1, -0.05) is 0 Å². The summed E-state index contributed by atoms with van der Waals surface area (Å²) in [5, 5.41) is 8.23. The minimum absolute atomic E-state index is 0.102. The first-order chi connectivity index (χ1) is 8.79. The van der Waals surface area contributed by atoms with E-state index in [-0.39, 0.29) is 5.92 Å². The first-order valence-corrected chi connectivity index (χ1v) is 6.16. The molecule has 1 saturated heterocycles. The van der Waals surface area contributed by atoms with Crippen molar-refractivity contribution in [2.24, 2.45) is 5.92 Å². The van der Waals surface area contributed by atoms with Crippen LogP contribution < -0.4 is 4.90 Å². The summed E-state index contributed by atoms with van der Waals surface area (Å²) in [6.45, 7) is 3.55.